The van der Waals surface area contributed by atoms with E-state index < -0.39 is 5.92 Å². The molecule has 1 atom stereocenters. The van der Waals surface area contributed by atoms with E-state index in [1.165, 1.54) is 0 Å². The molecule has 2 aromatic rings. The smallest absolute Gasteiger partial charge is 0.229 e. The Balaban J connectivity index is 1.43. The standard InChI is InChI=1S/C18H17BrN2O5/c19-13-7-15-16(26-5-4-25-15)8-14(13)20-18(23)11-6-17(22)21(9-11)10-12-2-1-3-24-12/h1-3,7-8,11H,4-6,9-10H2,(H,20,23). The molecule has 136 valence electrons. The van der Waals surface area contributed by atoms with E-state index in [-0.39, 0.29) is 18.2 Å². The Kier molecular flexibility index (Phi) is 4.58. The van der Waals surface area contributed by atoms with Gasteiger partial charge in [0.1, 0.15) is 19.0 Å². The van der Waals surface area contributed by atoms with Crippen molar-refractivity contribution in [1.82, 2.24) is 4.90 Å². The van der Waals surface area contributed by atoms with Crippen LogP contribution in [0.1, 0.15) is 12.2 Å². The van der Waals surface area contributed by atoms with Crippen LogP contribution in [0.4, 0.5) is 5.69 Å². The topological polar surface area (TPSA) is 81.0 Å². The number of amides is 2. The molecule has 2 aliphatic heterocycles. The molecular weight excluding hydrogens is 404 g/mol. The molecule has 1 fully saturated rings. The van der Waals surface area contributed by atoms with Crippen LogP contribution in [0.25, 0.3) is 0 Å². The average molecular weight is 421 g/mol. The van der Waals surface area contributed by atoms with Crippen molar-refractivity contribution in [2.75, 3.05) is 25.1 Å². The Bertz CT molecular complexity index is 836. The zero-order valence-corrected chi connectivity index (χ0v) is 15.5. The fourth-order valence-electron chi connectivity index (χ4n) is 3.09. The summed E-state index contributed by atoms with van der Waals surface area (Å²) in [5, 5.41) is 2.88. The SMILES string of the molecule is O=C(Nc1cc2c(cc1Br)OCCO2)C1CC(=O)N(Cc2ccco2)C1. The van der Waals surface area contributed by atoms with Gasteiger partial charge in [-0.2, -0.15) is 0 Å². The summed E-state index contributed by atoms with van der Waals surface area (Å²) in [5.41, 5.74) is 0.594. The molecular formula is C18H17BrN2O5. The van der Waals surface area contributed by atoms with Gasteiger partial charge < -0.3 is 24.1 Å². The minimum absolute atomic E-state index is 0.0530. The van der Waals surface area contributed by atoms with Gasteiger partial charge in [-0.3, -0.25) is 9.59 Å². The molecule has 1 aromatic heterocycles. The minimum Gasteiger partial charge on any atom is -0.486 e. The minimum atomic E-state index is -0.405. The summed E-state index contributed by atoms with van der Waals surface area (Å²) in [4.78, 5) is 26.4. The summed E-state index contributed by atoms with van der Waals surface area (Å²) in [6.45, 7) is 1.72. The van der Waals surface area contributed by atoms with Gasteiger partial charge in [-0.1, -0.05) is 0 Å². The van der Waals surface area contributed by atoms with Gasteiger partial charge in [0, 0.05) is 29.6 Å². The van der Waals surface area contributed by atoms with Crippen molar-refractivity contribution in [2.45, 2.75) is 13.0 Å². The second kappa shape index (κ2) is 7.03. The molecule has 7 nitrogen and oxygen atoms in total. The predicted octanol–water partition coefficient (Wildman–Crippen LogP) is 2.80. The van der Waals surface area contributed by atoms with Gasteiger partial charge in [0.25, 0.3) is 0 Å². The molecule has 26 heavy (non-hydrogen) atoms. The molecule has 1 aromatic carbocycles. The van der Waals surface area contributed by atoms with Crippen molar-refractivity contribution in [3.05, 3.63) is 40.8 Å². The van der Waals surface area contributed by atoms with Crippen molar-refractivity contribution >= 4 is 33.4 Å². The average Bonchev–Trinajstić information content (AvgIpc) is 3.26. The summed E-state index contributed by atoms with van der Waals surface area (Å²) in [6.07, 6.45) is 1.76. The van der Waals surface area contributed by atoms with E-state index in [9.17, 15) is 9.59 Å². The van der Waals surface area contributed by atoms with Crippen LogP contribution in [-0.2, 0) is 16.1 Å². The molecule has 4 rings (SSSR count). The summed E-state index contributed by atoms with van der Waals surface area (Å²) in [6, 6.07) is 7.09. The molecule has 0 radical (unpaired) electrons. The molecule has 1 N–H and O–H groups in total. The lowest BCUT2D eigenvalue weighted by molar-refractivity contribution is -0.128. The number of carbonyl (C=O) groups excluding carboxylic acids is 2. The monoisotopic (exact) mass is 420 g/mol. The van der Waals surface area contributed by atoms with E-state index >= 15 is 0 Å². The Morgan fingerprint density at radius 1 is 1.27 bits per heavy atom. The molecule has 0 saturated carbocycles. The van der Waals surface area contributed by atoms with Crippen LogP contribution >= 0.6 is 15.9 Å². The number of benzene rings is 1. The third-order valence-electron chi connectivity index (χ3n) is 4.40. The zero-order chi connectivity index (χ0) is 18.1. The maximum Gasteiger partial charge on any atom is 0.229 e. The number of anilines is 1. The highest BCUT2D eigenvalue weighted by molar-refractivity contribution is 9.10. The van der Waals surface area contributed by atoms with Crippen LogP contribution in [0.3, 0.4) is 0 Å². The highest BCUT2D eigenvalue weighted by Gasteiger charge is 2.35. The number of likely N-dealkylation sites (tertiary alicyclic amines) is 1. The first-order valence-corrected chi connectivity index (χ1v) is 9.09. The lowest BCUT2D eigenvalue weighted by Crippen LogP contribution is -2.28. The summed E-state index contributed by atoms with van der Waals surface area (Å²) >= 11 is 3.44. The van der Waals surface area contributed by atoms with Crippen molar-refractivity contribution in [1.29, 1.82) is 0 Å². The van der Waals surface area contributed by atoms with Gasteiger partial charge in [-0.05, 0) is 28.1 Å². The van der Waals surface area contributed by atoms with Crippen molar-refractivity contribution in [3.8, 4) is 11.5 Å². The van der Waals surface area contributed by atoms with E-state index in [1.54, 1.807) is 29.4 Å². The van der Waals surface area contributed by atoms with Crippen LogP contribution in [0.5, 0.6) is 11.5 Å². The number of fused-ring (bicyclic) bond motifs is 1. The molecule has 0 spiro atoms. The molecule has 2 aliphatic rings. The van der Waals surface area contributed by atoms with Crippen molar-refractivity contribution in [3.63, 3.8) is 0 Å². The Morgan fingerprint density at radius 3 is 2.77 bits per heavy atom. The number of hydrogen-bond donors (Lipinski definition) is 1. The number of nitrogens with zero attached hydrogens (tertiary/aromatic N) is 1. The van der Waals surface area contributed by atoms with E-state index in [0.29, 0.717) is 53.7 Å². The highest BCUT2D eigenvalue weighted by Crippen LogP contribution is 2.38. The molecule has 1 saturated heterocycles. The maximum absolute atomic E-state index is 12.6. The van der Waals surface area contributed by atoms with Crippen LogP contribution in [-0.4, -0.2) is 36.5 Å². The molecule has 0 aliphatic carbocycles. The number of furan rings is 1. The zero-order valence-electron chi connectivity index (χ0n) is 13.9. The second-order valence-corrected chi connectivity index (χ2v) is 7.07. The maximum atomic E-state index is 12.6. The van der Waals surface area contributed by atoms with Crippen molar-refractivity contribution < 1.29 is 23.5 Å². The Hall–Kier alpha value is -2.48. The second-order valence-electron chi connectivity index (χ2n) is 6.22. The number of nitrogens with one attached hydrogen (secondary N) is 1. The first-order valence-electron chi connectivity index (χ1n) is 8.30. The fourth-order valence-corrected chi connectivity index (χ4v) is 3.51. The third kappa shape index (κ3) is 3.41. The summed E-state index contributed by atoms with van der Waals surface area (Å²) in [7, 11) is 0. The molecule has 1 unspecified atom stereocenters. The number of halogens is 1. The largest absolute Gasteiger partial charge is 0.486 e. The first-order chi connectivity index (χ1) is 12.6. The van der Waals surface area contributed by atoms with Gasteiger partial charge in [0.15, 0.2) is 11.5 Å². The number of rotatable bonds is 4. The van der Waals surface area contributed by atoms with E-state index in [0.717, 1.165) is 0 Å². The Morgan fingerprint density at radius 2 is 2.04 bits per heavy atom. The molecule has 3 heterocycles. The van der Waals surface area contributed by atoms with Gasteiger partial charge in [-0.15, -0.1) is 0 Å². The lowest BCUT2D eigenvalue weighted by Gasteiger charge is -2.20. The summed E-state index contributed by atoms with van der Waals surface area (Å²) in [5.74, 6) is 1.28. The quantitative estimate of drug-likeness (QED) is 0.822. The van der Waals surface area contributed by atoms with Crippen molar-refractivity contribution in [2.24, 2.45) is 5.92 Å². The number of carbonyl (C=O) groups is 2. The van der Waals surface area contributed by atoms with Gasteiger partial charge in [0.05, 0.1) is 24.4 Å². The van der Waals surface area contributed by atoms with Crippen LogP contribution in [0.15, 0.2) is 39.4 Å². The normalized spacial score (nSPS) is 18.9. The molecule has 0 bridgehead atoms. The summed E-state index contributed by atoms with van der Waals surface area (Å²) < 4.78 is 17.0. The third-order valence-corrected chi connectivity index (χ3v) is 5.06. The highest BCUT2D eigenvalue weighted by atomic mass is 79.9. The lowest BCUT2D eigenvalue weighted by atomic mass is 10.1. The first kappa shape index (κ1) is 17.0. The number of hydrogen-bond acceptors (Lipinski definition) is 5. The van der Waals surface area contributed by atoms with Crippen LogP contribution < -0.4 is 14.8 Å². The molecule has 2 amide bonds. The fraction of sp³-hybridized carbons (Fsp3) is 0.333. The van der Waals surface area contributed by atoms with E-state index in [4.69, 9.17) is 13.9 Å². The van der Waals surface area contributed by atoms with Crippen LogP contribution in [0.2, 0.25) is 0 Å². The van der Waals surface area contributed by atoms with E-state index in [2.05, 4.69) is 21.2 Å². The predicted molar refractivity (Wildman–Crippen MR) is 96.0 cm³/mol. The van der Waals surface area contributed by atoms with Gasteiger partial charge in [-0.25, -0.2) is 0 Å². The number of ether oxygens (including phenoxy) is 2. The Labute approximate surface area is 158 Å². The van der Waals surface area contributed by atoms with E-state index in [1.807, 2.05) is 6.07 Å². The molecule has 8 heteroatoms. The van der Waals surface area contributed by atoms with Gasteiger partial charge >= 0.3 is 0 Å². The van der Waals surface area contributed by atoms with Gasteiger partial charge in [0.2, 0.25) is 11.8 Å². The van der Waals surface area contributed by atoms with Crippen LogP contribution in [0, 0.1) is 5.92 Å².